The maximum absolute atomic E-state index is 12.6. The van der Waals surface area contributed by atoms with Gasteiger partial charge in [-0.05, 0) is 24.6 Å². The molecule has 0 spiro atoms. The van der Waals surface area contributed by atoms with Gasteiger partial charge in [0, 0.05) is 7.05 Å². The Balaban J connectivity index is 3.27. The lowest BCUT2D eigenvalue weighted by atomic mass is 10.1. The molecule has 7 heteroatoms. The van der Waals surface area contributed by atoms with Crippen LogP contribution in [0.1, 0.15) is 24.5 Å². The molecule has 108 valence electrons. The van der Waals surface area contributed by atoms with Crippen molar-refractivity contribution in [3.63, 3.8) is 0 Å². The van der Waals surface area contributed by atoms with E-state index in [9.17, 15) is 18.0 Å². The van der Waals surface area contributed by atoms with Gasteiger partial charge < -0.3 is 10.0 Å². The molecule has 4 nitrogen and oxygen atoms in total. The number of likely N-dealkylation sites (N-methyl/N-ethyl adjacent to an activating group) is 1. The van der Waals surface area contributed by atoms with Gasteiger partial charge in [-0.15, -0.1) is 0 Å². The number of nitrogens with zero attached hydrogens (tertiary/aromatic N) is 2. The number of nitriles is 1. The number of anilines is 1. The summed E-state index contributed by atoms with van der Waals surface area (Å²) in [5.41, 5.74) is -0.980. The largest absolute Gasteiger partial charge is 0.480 e. The van der Waals surface area contributed by atoms with E-state index in [2.05, 4.69) is 0 Å². The van der Waals surface area contributed by atoms with Crippen molar-refractivity contribution in [3.8, 4) is 6.07 Å². The van der Waals surface area contributed by atoms with Crippen molar-refractivity contribution in [2.45, 2.75) is 25.6 Å². The molecule has 0 amide bonds. The maximum atomic E-state index is 12.6. The topological polar surface area (TPSA) is 64.3 Å². The number of carboxylic acids is 1. The van der Waals surface area contributed by atoms with E-state index < -0.39 is 23.8 Å². The molecule has 0 aliphatic heterocycles. The number of rotatable bonds is 4. The minimum Gasteiger partial charge on any atom is -0.480 e. The molecule has 1 aromatic rings. The molecule has 0 saturated heterocycles. The van der Waals surface area contributed by atoms with Crippen LogP contribution >= 0.6 is 0 Å². The molecule has 1 rings (SSSR count). The molecule has 20 heavy (non-hydrogen) atoms. The van der Waals surface area contributed by atoms with Crippen LogP contribution in [-0.2, 0) is 11.0 Å². The second kappa shape index (κ2) is 5.82. The van der Waals surface area contributed by atoms with Gasteiger partial charge in [-0.1, -0.05) is 6.92 Å². The monoisotopic (exact) mass is 286 g/mol. The van der Waals surface area contributed by atoms with Crippen LogP contribution in [0.25, 0.3) is 0 Å². The van der Waals surface area contributed by atoms with E-state index in [-0.39, 0.29) is 17.7 Å². The zero-order valence-electron chi connectivity index (χ0n) is 10.9. The Bertz CT molecular complexity index is 550. The molecule has 0 aliphatic rings. The van der Waals surface area contributed by atoms with E-state index in [0.29, 0.717) is 0 Å². The number of carbonyl (C=O) groups is 1. The second-order valence-corrected chi connectivity index (χ2v) is 4.21. The zero-order valence-corrected chi connectivity index (χ0v) is 10.9. The van der Waals surface area contributed by atoms with Gasteiger partial charge >= 0.3 is 12.1 Å². The molecule has 0 heterocycles. The molecule has 0 radical (unpaired) electrons. The summed E-state index contributed by atoms with van der Waals surface area (Å²) in [5, 5.41) is 18.0. The van der Waals surface area contributed by atoms with Crippen LogP contribution in [0.2, 0.25) is 0 Å². The van der Waals surface area contributed by atoms with Crippen LogP contribution in [0.5, 0.6) is 0 Å². The number of aliphatic carboxylic acids is 1. The Morgan fingerprint density at radius 2 is 2.10 bits per heavy atom. The van der Waals surface area contributed by atoms with Crippen molar-refractivity contribution in [1.82, 2.24) is 0 Å². The summed E-state index contributed by atoms with van der Waals surface area (Å²) in [6, 6.07) is 3.44. The highest BCUT2D eigenvalue weighted by atomic mass is 19.4. The highest BCUT2D eigenvalue weighted by Crippen LogP contribution is 2.33. The van der Waals surface area contributed by atoms with Crippen LogP contribution in [-0.4, -0.2) is 24.2 Å². The van der Waals surface area contributed by atoms with Gasteiger partial charge in [-0.3, -0.25) is 0 Å². The van der Waals surface area contributed by atoms with E-state index in [1.807, 2.05) is 0 Å². The van der Waals surface area contributed by atoms with Gasteiger partial charge in [-0.2, -0.15) is 18.4 Å². The molecule has 1 unspecified atom stereocenters. The second-order valence-electron chi connectivity index (χ2n) is 4.21. The van der Waals surface area contributed by atoms with Crippen LogP contribution in [0.3, 0.4) is 0 Å². The molecular weight excluding hydrogens is 273 g/mol. The quantitative estimate of drug-likeness (QED) is 0.924. The van der Waals surface area contributed by atoms with E-state index in [1.54, 1.807) is 13.0 Å². The minimum atomic E-state index is -4.54. The number of hydrogen-bond acceptors (Lipinski definition) is 3. The molecule has 0 aromatic heterocycles. The standard InChI is InChI=1S/C13H13F3N2O2/c1-3-10(12(19)20)18(2)11-5-4-9(13(14,15)16)6-8(11)7-17/h4-6,10H,3H2,1-2H3,(H,19,20). The lowest BCUT2D eigenvalue weighted by Gasteiger charge is -2.27. The zero-order chi connectivity index (χ0) is 15.5. The third kappa shape index (κ3) is 3.20. The SMILES string of the molecule is CCC(C(=O)O)N(C)c1ccc(C(F)(F)F)cc1C#N. The van der Waals surface area contributed by atoms with E-state index in [0.717, 1.165) is 18.2 Å². The van der Waals surface area contributed by atoms with Gasteiger partial charge in [0.05, 0.1) is 16.8 Å². The first-order chi connectivity index (χ1) is 9.22. The number of benzene rings is 1. The van der Waals surface area contributed by atoms with Crippen LogP contribution < -0.4 is 4.90 Å². The van der Waals surface area contributed by atoms with Gasteiger partial charge in [0.15, 0.2) is 0 Å². The van der Waals surface area contributed by atoms with E-state index in [1.165, 1.54) is 11.9 Å². The van der Waals surface area contributed by atoms with Crippen LogP contribution in [0.4, 0.5) is 18.9 Å². The van der Waals surface area contributed by atoms with Gasteiger partial charge in [0.1, 0.15) is 12.1 Å². The summed E-state index contributed by atoms with van der Waals surface area (Å²) in [7, 11) is 1.44. The van der Waals surface area contributed by atoms with Crippen LogP contribution in [0.15, 0.2) is 18.2 Å². The summed E-state index contributed by atoms with van der Waals surface area (Å²) in [4.78, 5) is 12.4. The number of halogens is 3. The third-order valence-corrected chi connectivity index (χ3v) is 2.96. The van der Waals surface area contributed by atoms with Crippen molar-refractivity contribution >= 4 is 11.7 Å². The number of hydrogen-bond donors (Lipinski definition) is 1. The fourth-order valence-electron chi connectivity index (χ4n) is 1.89. The summed E-state index contributed by atoms with van der Waals surface area (Å²) in [6.45, 7) is 1.64. The van der Waals surface area contributed by atoms with E-state index in [4.69, 9.17) is 10.4 Å². The van der Waals surface area contributed by atoms with Gasteiger partial charge in [0.2, 0.25) is 0 Å². The molecule has 0 aliphatic carbocycles. The van der Waals surface area contributed by atoms with Crippen molar-refractivity contribution in [2.75, 3.05) is 11.9 Å². The lowest BCUT2D eigenvalue weighted by Crippen LogP contribution is -2.38. The van der Waals surface area contributed by atoms with Crippen molar-refractivity contribution < 1.29 is 23.1 Å². The fraction of sp³-hybridized carbons (Fsp3) is 0.385. The molecule has 1 atom stereocenters. The lowest BCUT2D eigenvalue weighted by molar-refractivity contribution is -0.139. The molecule has 1 N–H and O–H groups in total. The third-order valence-electron chi connectivity index (χ3n) is 2.96. The number of alkyl halides is 3. The van der Waals surface area contributed by atoms with Crippen molar-refractivity contribution in [3.05, 3.63) is 29.3 Å². The van der Waals surface area contributed by atoms with Gasteiger partial charge in [0.25, 0.3) is 0 Å². The highest BCUT2D eigenvalue weighted by molar-refractivity contribution is 5.79. The average molecular weight is 286 g/mol. The normalized spacial score (nSPS) is 12.6. The van der Waals surface area contributed by atoms with Crippen LogP contribution in [0, 0.1) is 11.3 Å². The first-order valence-corrected chi connectivity index (χ1v) is 5.79. The molecule has 1 aromatic carbocycles. The predicted octanol–water partition coefficient (Wildman–Crippen LogP) is 2.88. The molecule has 0 fully saturated rings. The Kier molecular flexibility index (Phi) is 4.61. The molecular formula is C13H13F3N2O2. The Labute approximate surface area is 114 Å². The average Bonchev–Trinajstić information content (AvgIpc) is 2.37. The fourth-order valence-corrected chi connectivity index (χ4v) is 1.89. The summed E-state index contributed by atoms with van der Waals surface area (Å²) in [6.07, 6.45) is -4.28. The maximum Gasteiger partial charge on any atom is 0.416 e. The molecule has 0 saturated carbocycles. The summed E-state index contributed by atoms with van der Waals surface area (Å²) < 4.78 is 37.7. The Hall–Kier alpha value is -2.23. The minimum absolute atomic E-state index is 0.162. The smallest absolute Gasteiger partial charge is 0.416 e. The molecule has 0 bridgehead atoms. The Morgan fingerprint density at radius 1 is 1.50 bits per heavy atom. The van der Waals surface area contributed by atoms with Crippen molar-refractivity contribution in [1.29, 1.82) is 5.26 Å². The van der Waals surface area contributed by atoms with E-state index >= 15 is 0 Å². The first-order valence-electron chi connectivity index (χ1n) is 5.79. The predicted molar refractivity (Wildman–Crippen MR) is 66.3 cm³/mol. The summed E-state index contributed by atoms with van der Waals surface area (Å²) >= 11 is 0. The highest BCUT2D eigenvalue weighted by Gasteiger charge is 2.32. The van der Waals surface area contributed by atoms with Crippen molar-refractivity contribution in [2.24, 2.45) is 0 Å². The van der Waals surface area contributed by atoms with Gasteiger partial charge in [-0.25, -0.2) is 4.79 Å². The summed E-state index contributed by atoms with van der Waals surface area (Å²) in [5.74, 6) is -1.10. The Morgan fingerprint density at radius 3 is 2.50 bits per heavy atom. The first kappa shape index (κ1) is 15.8. The number of carboxylic acid groups (broad SMARTS) is 1.